The van der Waals surface area contributed by atoms with E-state index in [0.717, 1.165) is 11.3 Å². The highest BCUT2D eigenvalue weighted by molar-refractivity contribution is 5.54. The number of rotatable bonds is 2. The van der Waals surface area contributed by atoms with Crippen molar-refractivity contribution in [2.75, 3.05) is 5.73 Å². The lowest BCUT2D eigenvalue weighted by atomic mass is 10.2. The van der Waals surface area contributed by atoms with Crippen molar-refractivity contribution in [1.82, 2.24) is 0 Å². The molecule has 0 aliphatic heterocycles. The molecule has 0 saturated heterocycles. The Hall–Kier alpha value is -1.18. The highest BCUT2D eigenvalue weighted by Gasteiger charge is 2.01. The minimum absolute atomic E-state index is 0.176. The van der Waals surface area contributed by atoms with Crippen molar-refractivity contribution in [2.24, 2.45) is 0 Å². The molecule has 0 radical (unpaired) electrons. The Labute approximate surface area is 73.3 Å². The molecule has 0 aliphatic rings. The molecule has 0 aliphatic carbocycles. The molecule has 0 aromatic heterocycles. The molecular weight excluding hydrogens is 150 g/mol. The number of hydrogen-bond acceptors (Lipinski definition) is 2. The van der Waals surface area contributed by atoms with Crippen molar-refractivity contribution in [2.45, 2.75) is 26.9 Å². The Balaban J connectivity index is 2.86. The van der Waals surface area contributed by atoms with E-state index in [0.29, 0.717) is 5.69 Å². The zero-order valence-corrected chi connectivity index (χ0v) is 7.79. The second-order valence-corrected chi connectivity index (χ2v) is 3.21. The SMILES string of the molecule is Cc1ccc(OC(C)C)c(N)c1. The van der Waals surface area contributed by atoms with Crippen LogP contribution >= 0.6 is 0 Å². The van der Waals surface area contributed by atoms with Crippen LogP contribution in [0.1, 0.15) is 19.4 Å². The molecule has 0 atom stereocenters. The topological polar surface area (TPSA) is 35.2 Å². The Bertz CT molecular complexity index is 269. The van der Waals surface area contributed by atoms with Gasteiger partial charge in [0.15, 0.2) is 0 Å². The molecule has 0 amide bonds. The summed E-state index contributed by atoms with van der Waals surface area (Å²) in [5.74, 6) is 0.774. The van der Waals surface area contributed by atoms with Crippen molar-refractivity contribution < 1.29 is 4.74 Å². The Morgan fingerprint density at radius 1 is 1.33 bits per heavy atom. The molecule has 0 fully saturated rings. The number of aryl methyl sites for hydroxylation is 1. The second-order valence-electron chi connectivity index (χ2n) is 3.21. The summed E-state index contributed by atoms with van der Waals surface area (Å²) in [6.45, 7) is 5.98. The van der Waals surface area contributed by atoms with E-state index in [-0.39, 0.29) is 6.10 Å². The summed E-state index contributed by atoms with van der Waals surface area (Å²) in [5.41, 5.74) is 7.61. The molecule has 1 aromatic carbocycles. The van der Waals surface area contributed by atoms with Crippen molar-refractivity contribution in [3.05, 3.63) is 23.8 Å². The molecule has 2 nitrogen and oxygen atoms in total. The summed E-state index contributed by atoms with van der Waals surface area (Å²) >= 11 is 0. The molecule has 1 aromatic rings. The normalized spacial score (nSPS) is 10.3. The number of benzene rings is 1. The average Bonchev–Trinajstić information content (AvgIpc) is 1.94. The van der Waals surface area contributed by atoms with E-state index in [2.05, 4.69) is 0 Å². The molecule has 0 saturated carbocycles. The predicted octanol–water partition coefficient (Wildman–Crippen LogP) is 2.36. The van der Waals surface area contributed by atoms with E-state index in [4.69, 9.17) is 10.5 Å². The third-order valence-electron chi connectivity index (χ3n) is 1.53. The molecule has 12 heavy (non-hydrogen) atoms. The minimum Gasteiger partial charge on any atom is -0.489 e. The maximum Gasteiger partial charge on any atom is 0.142 e. The Kier molecular flexibility index (Phi) is 2.58. The number of nitrogen functional groups attached to an aromatic ring is 1. The highest BCUT2D eigenvalue weighted by Crippen LogP contribution is 2.22. The van der Waals surface area contributed by atoms with Crippen LogP contribution in [0.3, 0.4) is 0 Å². The van der Waals surface area contributed by atoms with Gasteiger partial charge in [0, 0.05) is 0 Å². The summed E-state index contributed by atoms with van der Waals surface area (Å²) in [7, 11) is 0. The van der Waals surface area contributed by atoms with Crippen LogP contribution in [0.25, 0.3) is 0 Å². The van der Waals surface area contributed by atoms with Crippen LogP contribution in [-0.4, -0.2) is 6.10 Å². The zero-order chi connectivity index (χ0) is 9.14. The summed E-state index contributed by atoms with van der Waals surface area (Å²) in [6, 6.07) is 5.82. The second kappa shape index (κ2) is 3.48. The van der Waals surface area contributed by atoms with Crippen LogP contribution < -0.4 is 10.5 Å². The summed E-state index contributed by atoms with van der Waals surface area (Å²) in [5, 5.41) is 0. The smallest absolute Gasteiger partial charge is 0.142 e. The van der Waals surface area contributed by atoms with Gasteiger partial charge in [-0.05, 0) is 38.5 Å². The fraction of sp³-hybridized carbons (Fsp3) is 0.400. The lowest BCUT2D eigenvalue weighted by Gasteiger charge is -2.11. The van der Waals surface area contributed by atoms with Crippen LogP contribution in [0.5, 0.6) is 5.75 Å². The van der Waals surface area contributed by atoms with Gasteiger partial charge >= 0.3 is 0 Å². The van der Waals surface area contributed by atoms with Crippen molar-refractivity contribution in [3.63, 3.8) is 0 Å². The van der Waals surface area contributed by atoms with Gasteiger partial charge in [-0.1, -0.05) is 6.07 Å². The molecule has 0 unspecified atom stereocenters. The number of hydrogen-bond donors (Lipinski definition) is 1. The average molecular weight is 165 g/mol. The highest BCUT2D eigenvalue weighted by atomic mass is 16.5. The van der Waals surface area contributed by atoms with Crippen LogP contribution in [0, 0.1) is 6.92 Å². The first-order valence-corrected chi connectivity index (χ1v) is 4.12. The maximum atomic E-state index is 5.74. The first kappa shape index (κ1) is 8.91. The molecule has 0 spiro atoms. The molecule has 0 heterocycles. The van der Waals surface area contributed by atoms with Crippen molar-refractivity contribution in [3.8, 4) is 5.75 Å². The van der Waals surface area contributed by atoms with Gasteiger partial charge in [0.1, 0.15) is 5.75 Å². The van der Waals surface area contributed by atoms with E-state index in [9.17, 15) is 0 Å². The van der Waals surface area contributed by atoms with Gasteiger partial charge in [-0.15, -0.1) is 0 Å². The van der Waals surface area contributed by atoms with Crippen molar-refractivity contribution >= 4 is 5.69 Å². The maximum absolute atomic E-state index is 5.74. The summed E-state index contributed by atoms with van der Waals surface area (Å²) < 4.78 is 5.47. The van der Waals surface area contributed by atoms with E-state index >= 15 is 0 Å². The van der Waals surface area contributed by atoms with E-state index in [1.54, 1.807) is 0 Å². The van der Waals surface area contributed by atoms with Gasteiger partial charge in [0.2, 0.25) is 0 Å². The lowest BCUT2D eigenvalue weighted by molar-refractivity contribution is 0.244. The van der Waals surface area contributed by atoms with Gasteiger partial charge in [-0.25, -0.2) is 0 Å². The summed E-state index contributed by atoms with van der Waals surface area (Å²) in [6.07, 6.45) is 0.176. The fourth-order valence-corrected chi connectivity index (χ4v) is 1.03. The monoisotopic (exact) mass is 165 g/mol. The van der Waals surface area contributed by atoms with E-state index < -0.39 is 0 Å². The quantitative estimate of drug-likeness (QED) is 0.683. The fourth-order valence-electron chi connectivity index (χ4n) is 1.03. The molecule has 2 N–H and O–H groups in total. The predicted molar refractivity (Wildman–Crippen MR) is 51.4 cm³/mol. The van der Waals surface area contributed by atoms with Gasteiger partial charge in [0.05, 0.1) is 11.8 Å². The standard InChI is InChI=1S/C10H15NO/c1-7(2)12-10-5-4-8(3)6-9(10)11/h4-7H,11H2,1-3H3. The molecule has 66 valence electrons. The van der Waals surface area contributed by atoms with Gasteiger partial charge in [-0.2, -0.15) is 0 Å². The Morgan fingerprint density at radius 2 is 2.00 bits per heavy atom. The molecular formula is C10H15NO. The lowest BCUT2D eigenvalue weighted by Crippen LogP contribution is -2.07. The van der Waals surface area contributed by atoms with Crippen LogP contribution in [0.2, 0.25) is 0 Å². The number of nitrogens with two attached hydrogens (primary N) is 1. The van der Waals surface area contributed by atoms with Crippen LogP contribution in [0.15, 0.2) is 18.2 Å². The van der Waals surface area contributed by atoms with E-state index in [1.807, 2.05) is 39.0 Å². The Morgan fingerprint density at radius 3 is 2.50 bits per heavy atom. The number of anilines is 1. The minimum atomic E-state index is 0.176. The largest absolute Gasteiger partial charge is 0.489 e. The van der Waals surface area contributed by atoms with Gasteiger partial charge in [0.25, 0.3) is 0 Å². The molecule has 1 rings (SSSR count). The summed E-state index contributed by atoms with van der Waals surface area (Å²) in [4.78, 5) is 0. The van der Waals surface area contributed by atoms with E-state index in [1.165, 1.54) is 0 Å². The number of ether oxygens (including phenoxy) is 1. The third-order valence-corrected chi connectivity index (χ3v) is 1.53. The van der Waals surface area contributed by atoms with Crippen LogP contribution in [-0.2, 0) is 0 Å². The van der Waals surface area contributed by atoms with Crippen molar-refractivity contribution in [1.29, 1.82) is 0 Å². The van der Waals surface area contributed by atoms with Gasteiger partial charge in [-0.3, -0.25) is 0 Å². The molecule has 0 bridgehead atoms. The first-order valence-electron chi connectivity index (χ1n) is 4.12. The first-order chi connectivity index (χ1) is 5.59. The zero-order valence-electron chi connectivity index (χ0n) is 7.79. The van der Waals surface area contributed by atoms with Crippen LogP contribution in [0.4, 0.5) is 5.69 Å². The third kappa shape index (κ3) is 2.16. The molecule has 2 heteroatoms. The van der Waals surface area contributed by atoms with Gasteiger partial charge < -0.3 is 10.5 Å².